The standard InChI is InChI=1S/C20H26O7/c1-15(2)19(21)25-13-12-23-10-11-24-14-18(27-20(22)16(3)4)26-17-8-6-5-7-9-17/h5-9,18H,1,3,10-14H2,2,4H3. The highest BCUT2D eigenvalue weighted by Gasteiger charge is 2.17. The Balaban J connectivity index is 2.28. The van der Waals surface area contributed by atoms with E-state index in [9.17, 15) is 9.59 Å². The summed E-state index contributed by atoms with van der Waals surface area (Å²) in [6.07, 6.45) is -0.909. The van der Waals surface area contributed by atoms with Crippen molar-refractivity contribution in [3.8, 4) is 5.75 Å². The molecule has 0 saturated carbocycles. The van der Waals surface area contributed by atoms with Crippen LogP contribution in [0.3, 0.4) is 0 Å². The summed E-state index contributed by atoms with van der Waals surface area (Å²) in [7, 11) is 0. The van der Waals surface area contributed by atoms with Crippen LogP contribution in [0.4, 0.5) is 0 Å². The van der Waals surface area contributed by atoms with Crippen molar-refractivity contribution in [1.82, 2.24) is 0 Å². The van der Waals surface area contributed by atoms with Gasteiger partial charge in [0.1, 0.15) is 19.0 Å². The predicted octanol–water partition coefficient (Wildman–Crippen LogP) is 2.66. The van der Waals surface area contributed by atoms with Gasteiger partial charge in [-0.05, 0) is 26.0 Å². The zero-order valence-corrected chi connectivity index (χ0v) is 15.8. The lowest BCUT2D eigenvalue weighted by Crippen LogP contribution is -2.30. The van der Waals surface area contributed by atoms with Crippen LogP contribution in [-0.4, -0.2) is 51.3 Å². The molecule has 0 aliphatic rings. The molecular formula is C20H26O7. The van der Waals surface area contributed by atoms with E-state index in [1.165, 1.54) is 0 Å². The first-order valence-electron chi connectivity index (χ1n) is 8.46. The lowest BCUT2D eigenvalue weighted by atomic mass is 10.3. The fraction of sp³-hybridized carbons (Fsp3) is 0.400. The molecule has 1 aromatic rings. The lowest BCUT2D eigenvalue weighted by molar-refractivity contribution is -0.167. The van der Waals surface area contributed by atoms with Gasteiger partial charge < -0.3 is 23.7 Å². The maximum atomic E-state index is 11.7. The zero-order chi connectivity index (χ0) is 20.1. The summed E-state index contributed by atoms with van der Waals surface area (Å²) in [6.45, 7) is 11.1. The normalized spacial score (nSPS) is 11.3. The Morgan fingerprint density at radius 1 is 0.889 bits per heavy atom. The summed E-state index contributed by atoms with van der Waals surface area (Å²) in [5.74, 6) is -0.457. The van der Waals surface area contributed by atoms with E-state index < -0.39 is 18.2 Å². The summed E-state index contributed by atoms with van der Waals surface area (Å²) >= 11 is 0. The average molecular weight is 378 g/mol. The monoisotopic (exact) mass is 378 g/mol. The molecule has 27 heavy (non-hydrogen) atoms. The molecule has 0 aliphatic heterocycles. The first-order valence-corrected chi connectivity index (χ1v) is 8.46. The van der Waals surface area contributed by atoms with Gasteiger partial charge in [0.25, 0.3) is 6.29 Å². The molecule has 0 fully saturated rings. The average Bonchev–Trinajstić information content (AvgIpc) is 2.64. The molecule has 7 heteroatoms. The number of ether oxygens (including phenoxy) is 5. The molecule has 0 aliphatic carbocycles. The molecule has 1 unspecified atom stereocenters. The van der Waals surface area contributed by atoms with E-state index in [1.807, 2.05) is 18.2 Å². The highest BCUT2D eigenvalue weighted by Crippen LogP contribution is 2.12. The Morgan fingerprint density at radius 2 is 1.48 bits per heavy atom. The fourth-order valence-corrected chi connectivity index (χ4v) is 1.68. The third-order valence-corrected chi connectivity index (χ3v) is 3.03. The van der Waals surface area contributed by atoms with Gasteiger partial charge in [-0.15, -0.1) is 0 Å². The van der Waals surface area contributed by atoms with Crippen LogP contribution in [0.25, 0.3) is 0 Å². The molecule has 0 saturated heterocycles. The van der Waals surface area contributed by atoms with Gasteiger partial charge in [-0.25, -0.2) is 9.59 Å². The number of hydrogen-bond donors (Lipinski definition) is 0. The van der Waals surface area contributed by atoms with E-state index in [0.29, 0.717) is 11.3 Å². The summed E-state index contributed by atoms with van der Waals surface area (Å²) in [5.41, 5.74) is 0.608. The van der Waals surface area contributed by atoms with Crippen LogP contribution in [0.5, 0.6) is 5.75 Å². The minimum absolute atomic E-state index is 0.0297. The van der Waals surface area contributed by atoms with Crippen molar-refractivity contribution in [3.63, 3.8) is 0 Å². The van der Waals surface area contributed by atoms with Gasteiger partial charge in [-0.2, -0.15) is 0 Å². The van der Waals surface area contributed by atoms with Gasteiger partial charge in [0.15, 0.2) is 0 Å². The van der Waals surface area contributed by atoms with E-state index in [4.69, 9.17) is 23.7 Å². The Morgan fingerprint density at radius 3 is 2.11 bits per heavy atom. The second kappa shape index (κ2) is 12.7. The van der Waals surface area contributed by atoms with Crippen LogP contribution in [0.2, 0.25) is 0 Å². The topological polar surface area (TPSA) is 80.3 Å². The third-order valence-electron chi connectivity index (χ3n) is 3.03. The van der Waals surface area contributed by atoms with E-state index in [-0.39, 0.29) is 38.6 Å². The Labute approximate surface area is 159 Å². The van der Waals surface area contributed by atoms with Crippen molar-refractivity contribution < 1.29 is 33.3 Å². The van der Waals surface area contributed by atoms with Crippen LogP contribution >= 0.6 is 0 Å². The molecule has 148 valence electrons. The Kier molecular flexibility index (Phi) is 10.5. The smallest absolute Gasteiger partial charge is 0.336 e. The molecule has 0 amide bonds. The van der Waals surface area contributed by atoms with Crippen molar-refractivity contribution in [2.75, 3.05) is 33.0 Å². The first kappa shape index (κ1) is 22.4. The lowest BCUT2D eigenvalue weighted by Gasteiger charge is -2.19. The summed E-state index contributed by atoms with van der Waals surface area (Å²) in [4.78, 5) is 22.9. The number of carbonyl (C=O) groups excluding carboxylic acids is 2. The molecule has 1 rings (SSSR count). The molecule has 0 spiro atoms. The number of esters is 2. The molecule has 1 aromatic carbocycles. The Bertz CT molecular complexity index is 624. The molecule has 7 nitrogen and oxygen atoms in total. The molecule has 0 bridgehead atoms. The van der Waals surface area contributed by atoms with Gasteiger partial charge in [-0.3, -0.25) is 0 Å². The van der Waals surface area contributed by atoms with Crippen LogP contribution in [0.15, 0.2) is 54.6 Å². The highest BCUT2D eigenvalue weighted by atomic mass is 16.7. The Hall–Kier alpha value is -2.64. The SMILES string of the molecule is C=C(C)C(=O)OCCOCCOCC(OC(=O)C(=C)C)Oc1ccccc1. The number of rotatable bonds is 13. The van der Waals surface area contributed by atoms with Gasteiger partial charge in [0.2, 0.25) is 0 Å². The van der Waals surface area contributed by atoms with Crippen molar-refractivity contribution >= 4 is 11.9 Å². The van der Waals surface area contributed by atoms with Crippen LogP contribution in [0.1, 0.15) is 13.8 Å². The second-order valence-electron chi connectivity index (χ2n) is 5.65. The maximum Gasteiger partial charge on any atom is 0.336 e. The quantitative estimate of drug-likeness (QED) is 0.226. The van der Waals surface area contributed by atoms with Crippen molar-refractivity contribution in [3.05, 3.63) is 54.6 Å². The van der Waals surface area contributed by atoms with Crippen LogP contribution < -0.4 is 4.74 Å². The van der Waals surface area contributed by atoms with E-state index >= 15 is 0 Å². The predicted molar refractivity (Wildman–Crippen MR) is 99.2 cm³/mol. The zero-order valence-electron chi connectivity index (χ0n) is 15.8. The highest BCUT2D eigenvalue weighted by molar-refractivity contribution is 5.87. The fourth-order valence-electron chi connectivity index (χ4n) is 1.68. The maximum absolute atomic E-state index is 11.7. The molecule has 0 N–H and O–H groups in total. The third kappa shape index (κ3) is 10.2. The molecule has 1 atom stereocenters. The number of benzene rings is 1. The minimum atomic E-state index is -0.909. The molecule has 0 aromatic heterocycles. The number of para-hydroxylation sites is 1. The van der Waals surface area contributed by atoms with E-state index in [0.717, 1.165) is 0 Å². The minimum Gasteiger partial charge on any atom is -0.460 e. The van der Waals surface area contributed by atoms with Crippen molar-refractivity contribution in [1.29, 1.82) is 0 Å². The van der Waals surface area contributed by atoms with Crippen molar-refractivity contribution in [2.45, 2.75) is 20.1 Å². The largest absolute Gasteiger partial charge is 0.460 e. The second-order valence-corrected chi connectivity index (χ2v) is 5.65. The van der Waals surface area contributed by atoms with Gasteiger partial charge >= 0.3 is 11.9 Å². The van der Waals surface area contributed by atoms with Gasteiger partial charge in [0.05, 0.1) is 19.8 Å². The van der Waals surface area contributed by atoms with Crippen molar-refractivity contribution in [2.24, 2.45) is 0 Å². The summed E-state index contributed by atoms with van der Waals surface area (Å²) in [5, 5.41) is 0. The first-order chi connectivity index (χ1) is 12.9. The van der Waals surface area contributed by atoms with Crippen LogP contribution in [-0.2, 0) is 28.5 Å². The van der Waals surface area contributed by atoms with Gasteiger partial charge in [-0.1, -0.05) is 31.4 Å². The van der Waals surface area contributed by atoms with Crippen LogP contribution in [0, 0.1) is 0 Å². The van der Waals surface area contributed by atoms with E-state index in [2.05, 4.69) is 13.2 Å². The molecular weight excluding hydrogens is 352 g/mol. The molecule has 0 radical (unpaired) electrons. The summed E-state index contributed by atoms with van der Waals surface area (Å²) in [6, 6.07) is 8.96. The summed E-state index contributed by atoms with van der Waals surface area (Å²) < 4.78 is 26.4. The van der Waals surface area contributed by atoms with E-state index in [1.54, 1.807) is 26.0 Å². The number of carbonyl (C=O) groups is 2. The molecule has 0 heterocycles. The van der Waals surface area contributed by atoms with Gasteiger partial charge in [0, 0.05) is 11.1 Å². The number of hydrogen-bond acceptors (Lipinski definition) is 7.